The van der Waals surface area contributed by atoms with E-state index in [-0.39, 0.29) is 6.10 Å². The fourth-order valence-corrected chi connectivity index (χ4v) is 4.07. The molecule has 4 heterocycles. The van der Waals surface area contributed by atoms with E-state index >= 15 is 0 Å². The van der Waals surface area contributed by atoms with Crippen LogP contribution in [0.1, 0.15) is 12.1 Å². The largest absolute Gasteiger partial charge is 0.485 e. The molecule has 27 heavy (non-hydrogen) atoms. The summed E-state index contributed by atoms with van der Waals surface area (Å²) in [5, 5.41) is 3.41. The number of terminal acetylenes is 1. The lowest BCUT2D eigenvalue weighted by Gasteiger charge is -2.39. The molecule has 6 nitrogen and oxygen atoms in total. The molecule has 2 aliphatic heterocycles. The highest BCUT2D eigenvalue weighted by atomic mass is 32.2. The van der Waals surface area contributed by atoms with Gasteiger partial charge in [0, 0.05) is 24.9 Å². The lowest BCUT2D eigenvalue weighted by Crippen LogP contribution is -2.54. The number of hydrogen-bond acceptors (Lipinski definition) is 7. The number of hydrogen-bond donors (Lipinski definition) is 1. The van der Waals surface area contributed by atoms with E-state index in [2.05, 4.69) is 27.7 Å². The molecule has 0 bridgehead atoms. The maximum Gasteiger partial charge on any atom is 0.227 e. The van der Waals surface area contributed by atoms with Gasteiger partial charge in [0.05, 0.1) is 29.9 Å². The maximum atomic E-state index is 5.92. The number of thioether (sulfide) groups is 1. The Hall–Kier alpha value is -2.72. The van der Waals surface area contributed by atoms with Crippen molar-refractivity contribution >= 4 is 23.5 Å². The molecular formula is C20H21N5OS. The van der Waals surface area contributed by atoms with Crippen molar-refractivity contribution in [2.45, 2.75) is 23.8 Å². The lowest BCUT2D eigenvalue weighted by atomic mass is 10.2. The third-order valence-corrected chi connectivity index (χ3v) is 5.63. The number of nitrogens with zero attached hydrogens (tertiary/aromatic N) is 4. The first kappa shape index (κ1) is 17.7. The van der Waals surface area contributed by atoms with E-state index in [0.717, 1.165) is 71.9 Å². The molecule has 0 aromatic carbocycles. The van der Waals surface area contributed by atoms with Gasteiger partial charge >= 0.3 is 0 Å². The van der Waals surface area contributed by atoms with E-state index in [4.69, 9.17) is 21.1 Å². The molecule has 1 saturated heterocycles. The quantitative estimate of drug-likeness (QED) is 0.742. The molecule has 0 saturated carbocycles. The standard InChI is InChI=1S/C20H21N5OS/c1-3-14(2)6-9-22-19-18-17(7-10-27-18)23-20(24-19)25-12-16(13-25)26-15-5-4-8-21-11-15/h1,4-5,8,11,16H,2,6-7,9-10,12-13H2,(H,22,23,24). The van der Waals surface area contributed by atoms with E-state index in [1.807, 2.05) is 23.9 Å². The number of fused-ring (bicyclic) bond motifs is 1. The van der Waals surface area contributed by atoms with Crippen molar-refractivity contribution in [3.63, 3.8) is 0 Å². The second-order valence-corrected chi connectivity index (χ2v) is 7.61. The smallest absolute Gasteiger partial charge is 0.227 e. The number of anilines is 2. The van der Waals surface area contributed by atoms with Gasteiger partial charge in [-0.25, -0.2) is 4.98 Å². The average molecular weight is 379 g/mol. The fraction of sp³-hybridized carbons (Fsp3) is 0.350. The topological polar surface area (TPSA) is 63.2 Å². The second-order valence-electron chi connectivity index (χ2n) is 6.50. The van der Waals surface area contributed by atoms with Crippen LogP contribution in [0, 0.1) is 12.3 Å². The van der Waals surface area contributed by atoms with Crippen LogP contribution in [0.3, 0.4) is 0 Å². The van der Waals surface area contributed by atoms with Gasteiger partial charge in [-0.3, -0.25) is 4.98 Å². The Bertz CT molecular complexity index is 874. The minimum Gasteiger partial charge on any atom is -0.485 e. The summed E-state index contributed by atoms with van der Waals surface area (Å²) in [6.07, 6.45) is 10.7. The Morgan fingerprint density at radius 2 is 2.33 bits per heavy atom. The molecule has 4 rings (SSSR count). The van der Waals surface area contributed by atoms with Gasteiger partial charge in [0.1, 0.15) is 17.7 Å². The number of rotatable bonds is 7. The molecule has 2 aliphatic rings. The molecule has 1 N–H and O–H groups in total. The van der Waals surface area contributed by atoms with Crippen LogP contribution in [0.15, 0.2) is 41.6 Å². The summed E-state index contributed by atoms with van der Waals surface area (Å²) in [5.41, 5.74) is 1.92. The first-order valence-electron chi connectivity index (χ1n) is 8.96. The SMILES string of the molecule is C#CC(=C)CCNc1nc(N2CC(Oc3cccnc3)C2)nc2c1SCC2. The van der Waals surface area contributed by atoms with Gasteiger partial charge in [-0.05, 0) is 24.1 Å². The Morgan fingerprint density at radius 3 is 3.11 bits per heavy atom. The summed E-state index contributed by atoms with van der Waals surface area (Å²) in [7, 11) is 0. The third-order valence-electron chi connectivity index (χ3n) is 4.50. The summed E-state index contributed by atoms with van der Waals surface area (Å²) in [4.78, 5) is 16.9. The molecule has 0 aliphatic carbocycles. The molecule has 0 radical (unpaired) electrons. The third kappa shape index (κ3) is 4.01. The molecule has 7 heteroatoms. The highest BCUT2D eigenvalue weighted by molar-refractivity contribution is 7.99. The maximum absolute atomic E-state index is 5.92. The van der Waals surface area contributed by atoms with Gasteiger partial charge in [-0.2, -0.15) is 4.98 Å². The first-order chi connectivity index (χ1) is 13.2. The first-order valence-corrected chi connectivity index (χ1v) is 9.95. The number of pyridine rings is 1. The Labute approximate surface area is 163 Å². The normalized spacial score (nSPS) is 15.6. The van der Waals surface area contributed by atoms with Crippen LogP contribution in [0.2, 0.25) is 0 Å². The second kappa shape index (κ2) is 7.89. The van der Waals surface area contributed by atoms with Crippen LogP contribution in [-0.2, 0) is 6.42 Å². The van der Waals surface area contributed by atoms with Crippen molar-refractivity contribution in [1.82, 2.24) is 15.0 Å². The Balaban J connectivity index is 1.41. The average Bonchev–Trinajstić information content (AvgIpc) is 3.13. The van der Waals surface area contributed by atoms with Crippen molar-refractivity contribution in [3.05, 3.63) is 42.4 Å². The number of nitrogens with one attached hydrogen (secondary N) is 1. The summed E-state index contributed by atoms with van der Waals surface area (Å²) in [6, 6.07) is 3.80. The van der Waals surface area contributed by atoms with E-state index in [1.165, 1.54) is 0 Å². The Kier molecular flexibility index (Phi) is 5.16. The lowest BCUT2D eigenvalue weighted by molar-refractivity contribution is 0.165. The van der Waals surface area contributed by atoms with Crippen molar-refractivity contribution in [3.8, 4) is 18.1 Å². The zero-order valence-corrected chi connectivity index (χ0v) is 15.8. The number of aromatic nitrogens is 3. The zero-order valence-electron chi connectivity index (χ0n) is 15.0. The van der Waals surface area contributed by atoms with Crippen molar-refractivity contribution < 1.29 is 4.74 Å². The predicted octanol–water partition coefficient (Wildman–Crippen LogP) is 2.78. The van der Waals surface area contributed by atoms with Crippen LogP contribution >= 0.6 is 11.8 Å². The molecular weight excluding hydrogens is 358 g/mol. The van der Waals surface area contributed by atoms with Gasteiger partial charge in [0.15, 0.2) is 0 Å². The number of aryl methyl sites for hydroxylation is 1. The van der Waals surface area contributed by atoms with Gasteiger partial charge in [0.25, 0.3) is 0 Å². The van der Waals surface area contributed by atoms with Crippen LogP contribution in [0.25, 0.3) is 0 Å². The van der Waals surface area contributed by atoms with Crippen molar-refractivity contribution in [2.24, 2.45) is 0 Å². The number of ether oxygens (including phenoxy) is 1. The molecule has 0 amide bonds. The zero-order chi connectivity index (χ0) is 18.6. The minimum atomic E-state index is 0.135. The van der Waals surface area contributed by atoms with Crippen molar-refractivity contribution in [2.75, 3.05) is 35.6 Å². The molecule has 2 aromatic rings. The van der Waals surface area contributed by atoms with E-state index in [1.54, 1.807) is 12.4 Å². The van der Waals surface area contributed by atoms with Crippen LogP contribution < -0.4 is 15.0 Å². The molecule has 0 atom stereocenters. The summed E-state index contributed by atoms with van der Waals surface area (Å²) < 4.78 is 5.92. The molecule has 2 aromatic heterocycles. The highest BCUT2D eigenvalue weighted by Crippen LogP contribution is 2.37. The molecule has 0 spiro atoms. The van der Waals surface area contributed by atoms with Gasteiger partial charge < -0.3 is 15.0 Å². The van der Waals surface area contributed by atoms with Crippen LogP contribution in [0.5, 0.6) is 5.75 Å². The van der Waals surface area contributed by atoms with Crippen LogP contribution in [-0.4, -0.2) is 46.4 Å². The predicted molar refractivity (Wildman–Crippen MR) is 108 cm³/mol. The molecule has 1 fully saturated rings. The van der Waals surface area contributed by atoms with Gasteiger partial charge in [-0.1, -0.05) is 12.5 Å². The van der Waals surface area contributed by atoms with E-state index < -0.39 is 0 Å². The van der Waals surface area contributed by atoms with Gasteiger partial charge in [-0.15, -0.1) is 18.2 Å². The highest BCUT2D eigenvalue weighted by Gasteiger charge is 2.32. The molecule has 0 unspecified atom stereocenters. The summed E-state index contributed by atoms with van der Waals surface area (Å²) >= 11 is 1.81. The monoisotopic (exact) mass is 379 g/mol. The summed E-state index contributed by atoms with van der Waals surface area (Å²) in [5.74, 6) is 6.09. The molecule has 138 valence electrons. The Morgan fingerprint density at radius 1 is 1.44 bits per heavy atom. The van der Waals surface area contributed by atoms with Crippen LogP contribution in [0.4, 0.5) is 11.8 Å². The van der Waals surface area contributed by atoms with E-state index in [0.29, 0.717) is 0 Å². The van der Waals surface area contributed by atoms with Gasteiger partial charge in [0.2, 0.25) is 5.95 Å². The van der Waals surface area contributed by atoms with E-state index in [9.17, 15) is 0 Å². The minimum absolute atomic E-state index is 0.135. The van der Waals surface area contributed by atoms with Crippen molar-refractivity contribution in [1.29, 1.82) is 0 Å². The summed E-state index contributed by atoms with van der Waals surface area (Å²) in [6.45, 7) is 6.11. The fourth-order valence-electron chi connectivity index (χ4n) is 3.01.